The molecule has 2 aromatic rings. The summed E-state index contributed by atoms with van der Waals surface area (Å²) < 4.78 is 5.97. The standard InChI is InChI=1S/C16H20N2OS/c1-4-5-15-18-13(9-20-15)11-6-7-14-12(8-11)17-10-16(2,3)19-14/h6-9,17H,4-5,10H2,1-3H3. The van der Waals surface area contributed by atoms with Crippen molar-refractivity contribution >= 4 is 17.0 Å². The fourth-order valence-corrected chi connectivity index (χ4v) is 3.24. The second kappa shape index (κ2) is 5.09. The molecule has 1 aliphatic rings. The number of nitrogens with one attached hydrogen (secondary N) is 1. The highest BCUT2D eigenvalue weighted by Crippen LogP contribution is 2.36. The summed E-state index contributed by atoms with van der Waals surface area (Å²) in [5.41, 5.74) is 3.13. The molecular weight excluding hydrogens is 268 g/mol. The van der Waals surface area contributed by atoms with E-state index in [0.29, 0.717) is 0 Å². The Morgan fingerprint density at radius 1 is 1.40 bits per heavy atom. The molecule has 1 N–H and O–H groups in total. The van der Waals surface area contributed by atoms with Crippen LogP contribution in [0.4, 0.5) is 5.69 Å². The summed E-state index contributed by atoms with van der Waals surface area (Å²) in [6.07, 6.45) is 2.20. The molecular formula is C16H20N2OS. The lowest BCUT2D eigenvalue weighted by molar-refractivity contribution is 0.116. The number of benzene rings is 1. The summed E-state index contributed by atoms with van der Waals surface area (Å²) in [5.74, 6) is 0.925. The van der Waals surface area contributed by atoms with Crippen LogP contribution in [-0.4, -0.2) is 17.1 Å². The van der Waals surface area contributed by atoms with Gasteiger partial charge in [0.15, 0.2) is 0 Å². The van der Waals surface area contributed by atoms with Crippen molar-refractivity contribution in [1.29, 1.82) is 0 Å². The largest absolute Gasteiger partial charge is 0.484 e. The molecule has 1 aromatic carbocycles. The number of aryl methyl sites for hydroxylation is 1. The first kappa shape index (κ1) is 13.4. The zero-order chi connectivity index (χ0) is 14.2. The van der Waals surface area contributed by atoms with Gasteiger partial charge in [0.2, 0.25) is 0 Å². The third-order valence-electron chi connectivity index (χ3n) is 3.38. The lowest BCUT2D eigenvalue weighted by Gasteiger charge is -2.33. The number of anilines is 1. The molecule has 3 nitrogen and oxygen atoms in total. The predicted molar refractivity (Wildman–Crippen MR) is 84.7 cm³/mol. The van der Waals surface area contributed by atoms with Crippen molar-refractivity contribution in [3.05, 3.63) is 28.6 Å². The summed E-state index contributed by atoms with van der Waals surface area (Å²) in [5, 5.41) is 6.80. The van der Waals surface area contributed by atoms with Crippen LogP contribution >= 0.6 is 11.3 Å². The molecule has 2 heterocycles. The highest BCUT2D eigenvalue weighted by molar-refractivity contribution is 7.09. The van der Waals surface area contributed by atoms with Crippen LogP contribution in [0.1, 0.15) is 32.2 Å². The second-order valence-corrected chi connectivity index (χ2v) is 6.75. The molecule has 4 heteroatoms. The number of aromatic nitrogens is 1. The van der Waals surface area contributed by atoms with Gasteiger partial charge in [0.25, 0.3) is 0 Å². The molecule has 0 saturated carbocycles. The first-order valence-electron chi connectivity index (χ1n) is 7.09. The van der Waals surface area contributed by atoms with Crippen LogP contribution in [0.3, 0.4) is 0 Å². The van der Waals surface area contributed by atoms with Crippen LogP contribution in [0.15, 0.2) is 23.6 Å². The first-order chi connectivity index (χ1) is 9.57. The summed E-state index contributed by atoms with van der Waals surface area (Å²) >= 11 is 1.74. The smallest absolute Gasteiger partial charge is 0.143 e. The van der Waals surface area contributed by atoms with E-state index in [4.69, 9.17) is 9.72 Å². The lowest BCUT2D eigenvalue weighted by atomic mass is 10.1. The van der Waals surface area contributed by atoms with Gasteiger partial charge in [0.05, 0.1) is 22.9 Å². The summed E-state index contributed by atoms with van der Waals surface area (Å²) in [6.45, 7) is 7.19. The number of fused-ring (bicyclic) bond motifs is 1. The maximum Gasteiger partial charge on any atom is 0.143 e. The second-order valence-electron chi connectivity index (χ2n) is 5.80. The molecule has 0 fully saturated rings. The number of nitrogens with zero attached hydrogens (tertiary/aromatic N) is 1. The molecule has 0 unspecified atom stereocenters. The Hall–Kier alpha value is -1.55. The van der Waals surface area contributed by atoms with E-state index in [2.05, 4.69) is 43.6 Å². The first-order valence-corrected chi connectivity index (χ1v) is 7.97. The minimum absolute atomic E-state index is 0.149. The molecule has 0 spiro atoms. The van der Waals surface area contributed by atoms with Gasteiger partial charge < -0.3 is 10.1 Å². The SMILES string of the molecule is CCCc1nc(-c2ccc3c(c2)NCC(C)(C)O3)cs1. The molecule has 106 valence electrons. The van der Waals surface area contributed by atoms with Gasteiger partial charge in [0, 0.05) is 10.9 Å². The van der Waals surface area contributed by atoms with Crippen molar-refractivity contribution in [2.45, 2.75) is 39.2 Å². The van der Waals surface area contributed by atoms with Crippen LogP contribution in [0.5, 0.6) is 5.75 Å². The number of hydrogen-bond donors (Lipinski definition) is 1. The molecule has 3 rings (SSSR count). The summed E-state index contributed by atoms with van der Waals surface area (Å²) in [6, 6.07) is 6.26. The maximum absolute atomic E-state index is 5.97. The van der Waals surface area contributed by atoms with Gasteiger partial charge in [-0.05, 0) is 44.9 Å². The topological polar surface area (TPSA) is 34.2 Å². The van der Waals surface area contributed by atoms with Crippen molar-refractivity contribution in [3.63, 3.8) is 0 Å². The Balaban J connectivity index is 1.88. The van der Waals surface area contributed by atoms with E-state index in [1.54, 1.807) is 11.3 Å². The van der Waals surface area contributed by atoms with E-state index in [9.17, 15) is 0 Å². The molecule has 0 bridgehead atoms. The van der Waals surface area contributed by atoms with Crippen LogP contribution < -0.4 is 10.1 Å². The van der Waals surface area contributed by atoms with Crippen molar-refractivity contribution < 1.29 is 4.74 Å². The van der Waals surface area contributed by atoms with Crippen molar-refractivity contribution in [2.75, 3.05) is 11.9 Å². The number of ether oxygens (including phenoxy) is 1. The lowest BCUT2D eigenvalue weighted by Crippen LogP contribution is -2.39. The van der Waals surface area contributed by atoms with Gasteiger partial charge >= 0.3 is 0 Å². The number of thiazole rings is 1. The number of rotatable bonds is 3. The number of hydrogen-bond acceptors (Lipinski definition) is 4. The van der Waals surface area contributed by atoms with E-state index in [-0.39, 0.29) is 5.60 Å². The van der Waals surface area contributed by atoms with Crippen LogP contribution in [0.25, 0.3) is 11.3 Å². The minimum atomic E-state index is -0.149. The van der Waals surface area contributed by atoms with Crippen LogP contribution in [0.2, 0.25) is 0 Å². The molecule has 0 aliphatic carbocycles. The Labute approximate surface area is 124 Å². The fourth-order valence-electron chi connectivity index (χ4n) is 2.33. The molecule has 1 aromatic heterocycles. The normalized spacial score (nSPS) is 16.1. The van der Waals surface area contributed by atoms with Gasteiger partial charge in [-0.1, -0.05) is 6.92 Å². The Bertz CT molecular complexity index is 619. The van der Waals surface area contributed by atoms with Crippen molar-refractivity contribution in [1.82, 2.24) is 4.98 Å². The quantitative estimate of drug-likeness (QED) is 0.912. The zero-order valence-electron chi connectivity index (χ0n) is 12.2. The molecule has 0 atom stereocenters. The van der Waals surface area contributed by atoms with E-state index in [1.807, 2.05) is 6.07 Å². The Kier molecular flexibility index (Phi) is 3.42. The monoisotopic (exact) mass is 288 g/mol. The maximum atomic E-state index is 5.97. The van der Waals surface area contributed by atoms with E-state index in [0.717, 1.165) is 42.1 Å². The van der Waals surface area contributed by atoms with E-state index < -0.39 is 0 Å². The minimum Gasteiger partial charge on any atom is -0.484 e. The molecule has 20 heavy (non-hydrogen) atoms. The molecule has 0 radical (unpaired) electrons. The third-order valence-corrected chi connectivity index (χ3v) is 4.29. The van der Waals surface area contributed by atoms with Gasteiger partial charge in [-0.25, -0.2) is 4.98 Å². The highest BCUT2D eigenvalue weighted by Gasteiger charge is 2.26. The van der Waals surface area contributed by atoms with Gasteiger partial charge in [-0.15, -0.1) is 11.3 Å². The summed E-state index contributed by atoms with van der Waals surface area (Å²) in [7, 11) is 0. The van der Waals surface area contributed by atoms with Crippen LogP contribution in [-0.2, 0) is 6.42 Å². The average Bonchev–Trinajstić information content (AvgIpc) is 2.86. The summed E-state index contributed by atoms with van der Waals surface area (Å²) in [4.78, 5) is 4.70. The average molecular weight is 288 g/mol. The van der Waals surface area contributed by atoms with Crippen molar-refractivity contribution in [2.24, 2.45) is 0 Å². The molecule has 0 saturated heterocycles. The predicted octanol–water partition coefficient (Wildman–Crippen LogP) is 4.35. The van der Waals surface area contributed by atoms with Gasteiger partial charge in [-0.3, -0.25) is 0 Å². The van der Waals surface area contributed by atoms with Crippen LogP contribution in [0, 0.1) is 0 Å². The van der Waals surface area contributed by atoms with E-state index in [1.165, 1.54) is 5.01 Å². The van der Waals surface area contributed by atoms with Gasteiger partial charge in [0.1, 0.15) is 11.4 Å². The van der Waals surface area contributed by atoms with E-state index >= 15 is 0 Å². The fraction of sp³-hybridized carbons (Fsp3) is 0.438. The van der Waals surface area contributed by atoms with Crippen molar-refractivity contribution in [3.8, 4) is 17.0 Å². The Morgan fingerprint density at radius 3 is 3.05 bits per heavy atom. The zero-order valence-corrected chi connectivity index (χ0v) is 13.0. The van der Waals surface area contributed by atoms with Gasteiger partial charge in [-0.2, -0.15) is 0 Å². The Morgan fingerprint density at radius 2 is 2.25 bits per heavy atom. The highest BCUT2D eigenvalue weighted by atomic mass is 32.1. The molecule has 0 amide bonds. The third kappa shape index (κ3) is 2.66. The molecule has 1 aliphatic heterocycles.